The zero-order chi connectivity index (χ0) is 22.7. The molecule has 10 heteroatoms. The second kappa shape index (κ2) is 9.37. The van der Waals surface area contributed by atoms with Gasteiger partial charge in [-0.3, -0.25) is 9.79 Å². The number of piperidine rings is 1. The van der Waals surface area contributed by atoms with Gasteiger partial charge in [0.2, 0.25) is 18.3 Å². The number of halogens is 2. The molecule has 0 aliphatic carbocycles. The highest BCUT2D eigenvalue weighted by molar-refractivity contribution is 5.96. The van der Waals surface area contributed by atoms with Gasteiger partial charge in [0.1, 0.15) is 0 Å². The molecule has 0 saturated carbocycles. The van der Waals surface area contributed by atoms with Crippen molar-refractivity contribution in [2.24, 2.45) is 4.99 Å². The van der Waals surface area contributed by atoms with Crippen LogP contribution in [-0.2, 0) is 4.79 Å². The second-order valence-corrected chi connectivity index (χ2v) is 7.73. The molecular weight excluding hydrogens is 416 g/mol. The highest BCUT2D eigenvalue weighted by atomic mass is 19.3. The Morgan fingerprint density at radius 3 is 2.81 bits per heavy atom. The van der Waals surface area contributed by atoms with E-state index in [0.29, 0.717) is 28.7 Å². The zero-order valence-corrected chi connectivity index (χ0v) is 18.0. The molecule has 0 bridgehead atoms. The highest BCUT2D eigenvalue weighted by Crippen LogP contribution is 2.39. The van der Waals surface area contributed by atoms with Crippen molar-refractivity contribution in [3.8, 4) is 11.3 Å². The molecule has 1 unspecified atom stereocenters. The van der Waals surface area contributed by atoms with Crippen LogP contribution in [0.4, 0.5) is 20.4 Å². The summed E-state index contributed by atoms with van der Waals surface area (Å²) < 4.78 is 27.5. The molecule has 2 aliphatic heterocycles. The number of carbonyl (C=O) groups excluding carboxylic acids is 1. The number of hydrogen-bond donors (Lipinski definition) is 2. The number of alkyl halides is 2. The minimum Gasteiger partial charge on any atom is -0.356 e. The van der Waals surface area contributed by atoms with Gasteiger partial charge >= 0.3 is 0 Å². The number of hydrogen-bond acceptors (Lipinski definition) is 6. The van der Waals surface area contributed by atoms with E-state index < -0.39 is 12.3 Å². The third kappa shape index (κ3) is 4.58. The first kappa shape index (κ1) is 21.8. The smallest absolute Gasteiger partial charge is 0.240 e. The van der Waals surface area contributed by atoms with Crippen LogP contribution in [0.3, 0.4) is 0 Å². The summed E-state index contributed by atoms with van der Waals surface area (Å²) in [7, 11) is 1.75. The van der Waals surface area contributed by atoms with Crippen molar-refractivity contribution >= 4 is 28.8 Å². The number of aromatic nitrogens is 4. The van der Waals surface area contributed by atoms with Gasteiger partial charge in [0, 0.05) is 52.7 Å². The first-order valence-electron chi connectivity index (χ1n) is 10.6. The topological polar surface area (TPSA) is 96.6 Å². The van der Waals surface area contributed by atoms with Crippen molar-refractivity contribution in [3.63, 3.8) is 0 Å². The SMILES string of the molecule is CNc1ncc2c(-c3ccc4c(n3)C(CC(F)F)C(C)=N4)ccn2n1.O=C1CCCCN1.[HH].[HH]. The van der Waals surface area contributed by atoms with E-state index in [4.69, 9.17) is 0 Å². The fourth-order valence-corrected chi connectivity index (χ4v) is 3.85. The molecule has 1 amide bonds. The summed E-state index contributed by atoms with van der Waals surface area (Å²) in [5, 5.41) is 9.95. The van der Waals surface area contributed by atoms with E-state index in [1.165, 1.54) is 0 Å². The minimum absolute atomic E-state index is 0. The van der Waals surface area contributed by atoms with Crippen LogP contribution in [0.1, 0.15) is 47.1 Å². The molecule has 32 heavy (non-hydrogen) atoms. The van der Waals surface area contributed by atoms with E-state index in [-0.39, 0.29) is 15.2 Å². The molecule has 5 rings (SSSR count). The summed E-state index contributed by atoms with van der Waals surface area (Å²) in [6.45, 7) is 2.66. The first-order valence-corrected chi connectivity index (χ1v) is 10.6. The third-order valence-electron chi connectivity index (χ3n) is 5.52. The molecule has 1 saturated heterocycles. The normalized spacial score (nSPS) is 17.5. The largest absolute Gasteiger partial charge is 0.356 e. The minimum atomic E-state index is -2.39. The van der Waals surface area contributed by atoms with Gasteiger partial charge in [-0.05, 0) is 38.0 Å². The zero-order valence-electron chi connectivity index (χ0n) is 18.0. The van der Waals surface area contributed by atoms with Crippen LogP contribution in [-0.4, -0.2) is 51.2 Å². The van der Waals surface area contributed by atoms with Gasteiger partial charge in [-0.25, -0.2) is 23.3 Å². The lowest BCUT2D eigenvalue weighted by atomic mass is 9.97. The van der Waals surface area contributed by atoms with Gasteiger partial charge in [0.05, 0.1) is 28.8 Å². The quantitative estimate of drug-likeness (QED) is 0.618. The van der Waals surface area contributed by atoms with Crippen molar-refractivity contribution in [1.82, 2.24) is 24.9 Å². The molecule has 1 atom stereocenters. The molecule has 3 aromatic heterocycles. The van der Waals surface area contributed by atoms with Crippen molar-refractivity contribution in [3.05, 3.63) is 36.3 Å². The van der Waals surface area contributed by atoms with Gasteiger partial charge in [-0.2, -0.15) is 0 Å². The summed E-state index contributed by atoms with van der Waals surface area (Å²) in [4.78, 5) is 23.6. The van der Waals surface area contributed by atoms with Crippen LogP contribution < -0.4 is 10.6 Å². The molecule has 5 heterocycles. The predicted molar refractivity (Wildman–Crippen MR) is 123 cm³/mol. The number of pyridine rings is 1. The molecule has 2 aliphatic rings. The standard InChI is InChI=1S/C17H16F2N6.C5H9NO.2H2/c1-9-11(7-15(18)19)16-13(22-9)4-3-12(23-16)10-5-6-25-14(10)8-21-17(20-2)24-25;7-5-3-1-2-4-6-5;;/h3-6,8,11,15H,7H2,1-2H3,(H,20,24);1-4H2,(H,6,7);2*1H. The van der Waals surface area contributed by atoms with Crippen LogP contribution in [0.5, 0.6) is 0 Å². The number of amides is 1. The van der Waals surface area contributed by atoms with Crippen LogP contribution in [0.15, 0.2) is 35.6 Å². The molecule has 8 nitrogen and oxygen atoms in total. The lowest BCUT2D eigenvalue weighted by Crippen LogP contribution is -2.28. The molecule has 0 aromatic carbocycles. The van der Waals surface area contributed by atoms with Crippen molar-refractivity contribution in [2.75, 3.05) is 18.9 Å². The summed E-state index contributed by atoms with van der Waals surface area (Å²) in [6.07, 6.45) is 3.85. The lowest BCUT2D eigenvalue weighted by molar-refractivity contribution is -0.122. The van der Waals surface area contributed by atoms with Crippen molar-refractivity contribution < 1.29 is 16.4 Å². The Kier molecular flexibility index (Phi) is 6.38. The van der Waals surface area contributed by atoms with Crippen LogP contribution >= 0.6 is 0 Å². The van der Waals surface area contributed by atoms with E-state index in [2.05, 4.69) is 30.7 Å². The van der Waals surface area contributed by atoms with Gasteiger partial charge in [-0.1, -0.05) is 0 Å². The fourth-order valence-electron chi connectivity index (χ4n) is 3.85. The molecule has 2 N–H and O–H groups in total. The lowest BCUT2D eigenvalue weighted by Gasteiger charge is -2.11. The average molecular weight is 446 g/mol. The average Bonchev–Trinajstić information content (AvgIpc) is 3.34. The second-order valence-electron chi connectivity index (χ2n) is 7.73. The van der Waals surface area contributed by atoms with Gasteiger partial charge in [0.25, 0.3) is 0 Å². The van der Waals surface area contributed by atoms with Gasteiger partial charge < -0.3 is 10.6 Å². The monoisotopic (exact) mass is 445 g/mol. The number of rotatable bonds is 4. The van der Waals surface area contributed by atoms with E-state index in [1.807, 2.05) is 24.4 Å². The van der Waals surface area contributed by atoms with Crippen molar-refractivity contribution in [2.45, 2.75) is 45.0 Å². The van der Waals surface area contributed by atoms with Crippen LogP contribution in [0.25, 0.3) is 16.8 Å². The number of nitrogens with one attached hydrogen (secondary N) is 2. The molecule has 0 radical (unpaired) electrons. The third-order valence-corrected chi connectivity index (χ3v) is 5.52. The number of nitrogens with zero attached hydrogens (tertiary/aromatic N) is 5. The molecule has 0 spiro atoms. The summed E-state index contributed by atoms with van der Waals surface area (Å²) in [5.41, 5.74) is 4.32. The highest BCUT2D eigenvalue weighted by Gasteiger charge is 2.29. The Balaban J connectivity index is 0.000000393. The number of anilines is 1. The van der Waals surface area contributed by atoms with Gasteiger partial charge in [0.15, 0.2) is 0 Å². The number of carbonyl (C=O) groups is 1. The van der Waals surface area contributed by atoms with Gasteiger partial charge in [-0.15, -0.1) is 5.10 Å². The van der Waals surface area contributed by atoms with Crippen LogP contribution in [0, 0.1) is 0 Å². The predicted octanol–water partition coefficient (Wildman–Crippen LogP) is 4.46. The Hall–Kier alpha value is -3.43. The Morgan fingerprint density at radius 2 is 2.16 bits per heavy atom. The van der Waals surface area contributed by atoms with E-state index in [9.17, 15) is 13.6 Å². The van der Waals surface area contributed by atoms with E-state index in [1.54, 1.807) is 24.7 Å². The Labute approximate surface area is 187 Å². The summed E-state index contributed by atoms with van der Waals surface area (Å²) in [5.74, 6) is 0.291. The maximum absolute atomic E-state index is 12.9. The Bertz CT molecular complexity index is 1160. The maximum Gasteiger partial charge on any atom is 0.240 e. The summed E-state index contributed by atoms with van der Waals surface area (Å²) in [6, 6.07) is 5.57. The van der Waals surface area contributed by atoms with E-state index >= 15 is 0 Å². The molecule has 3 aromatic rings. The van der Waals surface area contributed by atoms with Crippen molar-refractivity contribution in [1.29, 1.82) is 0 Å². The maximum atomic E-state index is 12.9. The molecule has 1 fully saturated rings. The molecular formula is C22H29F2N7O. The molecule has 172 valence electrons. The first-order chi connectivity index (χ1) is 15.5. The summed E-state index contributed by atoms with van der Waals surface area (Å²) >= 11 is 0. The number of aliphatic imine (C=N–C) groups is 1. The van der Waals surface area contributed by atoms with Crippen LogP contribution in [0.2, 0.25) is 0 Å². The fraction of sp³-hybridized carbons (Fsp3) is 0.409. The number of fused-ring (bicyclic) bond motifs is 2. The van der Waals surface area contributed by atoms with E-state index in [0.717, 1.165) is 36.9 Å². The Morgan fingerprint density at radius 1 is 1.31 bits per heavy atom.